The van der Waals surface area contributed by atoms with Crippen LogP contribution in [0.2, 0.25) is 5.02 Å². The number of pyridine rings is 2. The van der Waals surface area contributed by atoms with Crippen molar-refractivity contribution in [1.29, 1.82) is 0 Å². The minimum absolute atomic E-state index is 0.634. The van der Waals surface area contributed by atoms with Gasteiger partial charge >= 0.3 is 0 Å². The third-order valence-electron chi connectivity index (χ3n) is 3.65. The average Bonchev–Trinajstić information content (AvgIpc) is 2.86. The molecule has 0 saturated heterocycles. The zero-order chi connectivity index (χ0) is 15.3. The summed E-state index contributed by atoms with van der Waals surface area (Å²) >= 11 is 6.07. The highest BCUT2D eigenvalue weighted by Crippen LogP contribution is 2.32. The normalized spacial score (nSPS) is 11.4. The summed E-state index contributed by atoms with van der Waals surface area (Å²) < 4.78 is 1.72. The third kappa shape index (κ3) is 1.83. The number of aryl methyl sites for hydroxylation is 1. The summed E-state index contributed by atoms with van der Waals surface area (Å²) in [6.07, 6.45) is 1.72. The minimum Gasteiger partial charge on any atom is -0.398 e. The molecular weight excluding hydrogens is 298 g/mol. The van der Waals surface area contributed by atoms with Crippen molar-refractivity contribution >= 4 is 39.2 Å². The fraction of sp³-hybridized carbons (Fsp3) is 0.0625. The molecule has 0 spiro atoms. The van der Waals surface area contributed by atoms with E-state index in [1.165, 1.54) is 0 Å². The third-order valence-corrected chi connectivity index (χ3v) is 3.88. The number of aromatic nitrogens is 4. The van der Waals surface area contributed by atoms with E-state index in [4.69, 9.17) is 22.3 Å². The Kier molecular flexibility index (Phi) is 2.77. The van der Waals surface area contributed by atoms with Gasteiger partial charge in [-0.3, -0.25) is 0 Å². The van der Waals surface area contributed by atoms with E-state index in [0.29, 0.717) is 22.2 Å². The van der Waals surface area contributed by atoms with Crippen LogP contribution in [0.25, 0.3) is 27.8 Å². The maximum Gasteiger partial charge on any atom is 0.167 e. The van der Waals surface area contributed by atoms with Gasteiger partial charge in [0.15, 0.2) is 11.5 Å². The van der Waals surface area contributed by atoms with E-state index < -0.39 is 0 Å². The summed E-state index contributed by atoms with van der Waals surface area (Å²) in [5, 5.41) is 6.85. The van der Waals surface area contributed by atoms with Gasteiger partial charge in [0.1, 0.15) is 0 Å². The van der Waals surface area contributed by atoms with Crippen LogP contribution in [0.5, 0.6) is 0 Å². The number of hydrogen-bond acceptors (Lipinski definition) is 4. The number of halogens is 1. The minimum atomic E-state index is 0.634. The van der Waals surface area contributed by atoms with Crippen LogP contribution in [0, 0.1) is 6.92 Å². The molecule has 1 aromatic carbocycles. The molecule has 0 aliphatic carbocycles. The lowest BCUT2D eigenvalue weighted by molar-refractivity contribution is 0.849. The van der Waals surface area contributed by atoms with E-state index in [1.54, 1.807) is 16.9 Å². The Morgan fingerprint density at radius 3 is 2.82 bits per heavy atom. The van der Waals surface area contributed by atoms with Gasteiger partial charge in [-0.05, 0) is 37.3 Å². The number of benzene rings is 1. The van der Waals surface area contributed by atoms with Crippen molar-refractivity contribution < 1.29 is 0 Å². The molecule has 0 atom stereocenters. The molecule has 4 rings (SSSR count). The molecule has 3 aromatic heterocycles. The zero-order valence-corrected chi connectivity index (χ0v) is 12.5. The van der Waals surface area contributed by atoms with E-state index >= 15 is 0 Å². The number of hydrogen-bond donors (Lipinski definition) is 1. The summed E-state index contributed by atoms with van der Waals surface area (Å²) in [5.41, 5.74) is 9.28. The Morgan fingerprint density at radius 1 is 1.18 bits per heavy atom. The van der Waals surface area contributed by atoms with Gasteiger partial charge in [-0.15, -0.1) is 0 Å². The molecule has 0 aliphatic heterocycles. The number of fused-ring (bicyclic) bond motifs is 2. The van der Waals surface area contributed by atoms with Gasteiger partial charge in [0.05, 0.1) is 22.3 Å². The van der Waals surface area contributed by atoms with Crippen LogP contribution < -0.4 is 5.73 Å². The van der Waals surface area contributed by atoms with Crippen LogP contribution in [-0.4, -0.2) is 19.7 Å². The lowest BCUT2D eigenvalue weighted by Crippen LogP contribution is -2.01. The quantitative estimate of drug-likeness (QED) is 0.584. The van der Waals surface area contributed by atoms with Crippen molar-refractivity contribution in [3.05, 3.63) is 53.3 Å². The topological polar surface area (TPSA) is 69.6 Å². The van der Waals surface area contributed by atoms with Gasteiger partial charge < -0.3 is 5.73 Å². The Labute approximate surface area is 131 Å². The van der Waals surface area contributed by atoms with Gasteiger partial charge in [0, 0.05) is 16.6 Å². The van der Waals surface area contributed by atoms with E-state index in [0.717, 1.165) is 22.0 Å². The molecule has 22 heavy (non-hydrogen) atoms. The van der Waals surface area contributed by atoms with Crippen LogP contribution in [0.4, 0.5) is 5.69 Å². The van der Waals surface area contributed by atoms with Gasteiger partial charge in [0.25, 0.3) is 0 Å². The smallest absolute Gasteiger partial charge is 0.167 e. The zero-order valence-electron chi connectivity index (χ0n) is 11.8. The van der Waals surface area contributed by atoms with Crippen LogP contribution >= 0.6 is 11.6 Å². The predicted molar refractivity (Wildman–Crippen MR) is 88.3 cm³/mol. The second-order valence-corrected chi connectivity index (χ2v) is 5.51. The highest BCUT2D eigenvalue weighted by Gasteiger charge is 2.16. The molecule has 2 N–H and O–H groups in total. The fourth-order valence-electron chi connectivity index (χ4n) is 2.64. The first-order valence-electron chi connectivity index (χ1n) is 6.80. The Balaban J connectivity index is 2.14. The first-order valence-corrected chi connectivity index (χ1v) is 7.18. The first-order chi connectivity index (χ1) is 10.6. The van der Waals surface area contributed by atoms with Crippen molar-refractivity contribution in [3.8, 4) is 5.82 Å². The molecule has 108 valence electrons. The van der Waals surface area contributed by atoms with Crippen molar-refractivity contribution in [1.82, 2.24) is 19.7 Å². The molecule has 0 aliphatic rings. The molecule has 3 heterocycles. The largest absolute Gasteiger partial charge is 0.398 e. The SMILES string of the molecule is Cc1nn(-c2ccccn2)c2nc3ccc(Cl)cc3c(N)c12. The second-order valence-electron chi connectivity index (χ2n) is 5.07. The van der Waals surface area contributed by atoms with Crippen molar-refractivity contribution in [2.24, 2.45) is 0 Å². The lowest BCUT2D eigenvalue weighted by atomic mass is 10.1. The van der Waals surface area contributed by atoms with E-state index in [1.807, 2.05) is 37.3 Å². The molecule has 4 aromatic rings. The molecule has 0 unspecified atom stereocenters. The maximum absolute atomic E-state index is 6.34. The molecular formula is C16H12ClN5. The fourth-order valence-corrected chi connectivity index (χ4v) is 2.81. The number of rotatable bonds is 1. The first kappa shape index (κ1) is 13.0. The number of nitrogens with zero attached hydrogens (tertiary/aromatic N) is 4. The summed E-state index contributed by atoms with van der Waals surface area (Å²) in [6, 6.07) is 11.2. The molecule has 5 nitrogen and oxygen atoms in total. The van der Waals surface area contributed by atoms with Gasteiger partial charge in [-0.1, -0.05) is 17.7 Å². The maximum atomic E-state index is 6.34. The Bertz CT molecular complexity index is 1010. The van der Waals surface area contributed by atoms with Crippen LogP contribution in [0.1, 0.15) is 5.69 Å². The number of nitrogen functional groups attached to an aromatic ring is 1. The van der Waals surface area contributed by atoms with E-state index in [-0.39, 0.29) is 0 Å². The van der Waals surface area contributed by atoms with Gasteiger partial charge in [-0.2, -0.15) is 9.78 Å². The average molecular weight is 310 g/mol. The lowest BCUT2D eigenvalue weighted by Gasteiger charge is -2.06. The Hall–Kier alpha value is -2.66. The summed E-state index contributed by atoms with van der Waals surface area (Å²) in [7, 11) is 0. The molecule has 0 bridgehead atoms. The molecule has 0 saturated carbocycles. The van der Waals surface area contributed by atoms with Crippen molar-refractivity contribution in [3.63, 3.8) is 0 Å². The van der Waals surface area contributed by atoms with E-state index in [9.17, 15) is 0 Å². The summed E-state index contributed by atoms with van der Waals surface area (Å²) in [4.78, 5) is 9.03. The molecule has 0 fully saturated rings. The molecule has 6 heteroatoms. The van der Waals surface area contributed by atoms with E-state index in [2.05, 4.69) is 10.1 Å². The van der Waals surface area contributed by atoms with Crippen molar-refractivity contribution in [2.75, 3.05) is 5.73 Å². The second kappa shape index (κ2) is 4.68. The predicted octanol–water partition coefficient (Wildman–Crippen LogP) is 3.51. The highest BCUT2D eigenvalue weighted by atomic mass is 35.5. The standard InChI is InChI=1S/C16H12ClN5/c1-9-14-15(18)11-8-10(17)5-6-12(11)20-16(14)22(21-9)13-4-2-3-7-19-13/h2-8H,1H3,(H2,18,20). The van der Waals surface area contributed by atoms with Gasteiger partial charge in [0.2, 0.25) is 0 Å². The highest BCUT2D eigenvalue weighted by molar-refractivity contribution is 6.31. The number of anilines is 1. The van der Waals surface area contributed by atoms with Crippen LogP contribution in [0.3, 0.4) is 0 Å². The van der Waals surface area contributed by atoms with Crippen molar-refractivity contribution in [2.45, 2.75) is 6.92 Å². The summed E-state index contributed by atoms with van der Waals surface area (Å²) in [5.74, 6) is 0.709. The summed E-state index contributed by atoms with van der Waals surface area (Å²) in [6.45, 7) is 1.91. The Morgan fingerprint density at radius 2 is 2.05 bits per heavy atom. The van der Waals surface area contributed by atoms with Crippen LogP contribution in [0.15, 0.2) is 42.6 Å². The van der Waals surface area contributed by atoms with Crippen LogP contribution in [-0.2, 0) is 0 Å². The molecule has 0 radical (unpaired) electrons. The molecule has 0 amide bonds. The number of nitrogens with two attached hydrogens (primary N) is 1. The monoisotopic (exact) mass is 309 g/mol. The van der Waals surface area contributed by atoms with Gasteiger partial charge in [-0.25, -0.2) is 9.97 Å².